The van der Waals surface area contributed by atoms with E-state index in [1.807, 2.05) is 12.1 Å². The highest BCUT2D eigenvalue weighted by Crippen LogP contribution is 2.28. The van der Waals surface area contributed by atoms with Crippen LogP contribution < -0.4 is 10.5 Å². The summed E-state index contributed by atoms with van der Waals surface area (Å²) in [6.45, 7) is 6.40. The van der Waals surface area contributed by atoms with E-state index in [9.17, 15) is 0 Å². The van der Waals surface area contributed by atoms with Gasteiger partial charge in [-0.15, -0.1) is 0 Å². The van der Waals surface area contributed by atoms with Gasteiger partial charge in [-0.3, -0.25) is 5.41 Å². The number of nitrogen functional groups attached to an aromatic ring is 1. The second kappa shape index (κ2) is 5.74. The minimum absolute atomic E-state index is 0.101. The molecule has 2 rings (SSSR count). The van der Waals surface area contributed by atoms with Crippen LogP contribution in [0, 0.1) is 12.3 Å². The lowest BCUT2D eigenvalue weighted by Gasteiger charge is -2.13. The average Bonchev–Trinajstić information content (AvgIpc) is 2.38. The zero-order valence-corrected chi connectivity index (χ0v) is 12.0. The van der Waals surface area contributed by atoms with Crippen molar-refractivity contribution < 1.29 is 4.74 Å². The minimum Gasteiger partial charge on any atom is -0.455 e. The van der Waals surface area contributed by atoms with Gasteiger partial charge in [0, 0.05) is 6.20 Å². The lowest BCUT2D eigenvalue weighted by molar-refractivity contribution is 0.478. The van der Waals surface area contributed by atoms with Crippen LogP contribution >= 0.6 is 0 Å². The quantitative estimate of drug-likeness (QED) is 0.658. The fourth-order valence-electron chi connectivity index (χ4n) is 2.16. The lowest BCUT2D eigenvalue weighted by atomic mass is 9.98. The highest BCUT2D eigenvalue weighted by Gasteiger charge is 2.10. The third kappa shape index (κ3) is 2.96. The van der Waals surface area contributed by atoms with Gasteiger partial charge in [-0.1, -0.05) is 19.9 Å². The number of hydrogen-bond acceptors (Lipinski definition) is 3. The van der Waals surface area contributed by atoms with Gasteiger partial charge in [0.15, 0.2) is 5.75 Å². The van der Waals surface area contributed by atoms with Crippen LogP contribution in [0.1, 0.15) is 36.6 Å². The largest absolute Gasteiger partial charge is 0.455 e. The molecule has 0 aliphatic heterocycles. The summed E-state index contributed by atoms with van der Waals surface area (Å²) in [7, 11) is 0. The van der Waals surface area contributed by atoms with Crippen LogP contribution in [0.4, 0.5) is 0 Å². The molecule has 0 aliphatic rings. The molecule has 20 heavy (non-hydrogen) atoms. The molecule has 4 heteroatoms. The van der Waals surface area contributed by atoms with Crippen LogP contribution in [-0.2, 0) is 0 Å². The third-order valence-corrected chi connectivity index (χ3v) is 3.12. The molecule has 0 saturated carbocycles. The van der Waals surface area contributed by atoms with Crippen molar-refractivity contribution in [2.24, 2.45) is 5.73 Å². The minimum atomic E-state index is -0.101. The first-order valence-electron chi connectivity index (χ1n) is 6.57. The molecule has 0 aliphatic carbocycles. The van der Waals surface area contributed by atoms with Crippen molar-refractivity contribution in [2.75, 3.05) is 0 Å². The number of ether oxygens (including phenoxy) is 1. The Bertz CT molecular complexity index is 635. The van der Waals surface area contributed by atoms with E-state index in [-0.39, 0.29) is 5.84 Å². The first-order chi connectivity index (χ1) is 9.49. The number of amidine groups is 1. The molecule has 0 amide bonds. The van der Waals surface area contributed by atoms with Gasteiger partial charge in [-0.2, -0.15) is 0 Å². The van der Waals surface area contributed by atoms with Crippen LogP contribution in [0.5, 0.6) is 11.5 Å². The summed E-state index contributed by atoms with van der Waals surface area (Å²) in [5, 5.41) is 7.51. The molecule has 0 fully saturated rings. The Hall–Kier alpha value is -2.36. The number of benzene rings is 1. The van der Waals surface area contributed by atoms with Crippen molar-refractivity contribution in [1.29, 1.82) is 5.41 Å². The molecule has 1 heterocycles. The molecule has 0 spiro atoms. The number of aromatic nitrogens is 1. The molecule has 0 saturated heterocycles. The summed E-state index contributed by atoms with van der Waals surface area (Å²) in [4.78, 5) is 4.07. The van der Waals surface area contributed by atoms with Crippen molar-refractivity contribution >= 4 is 5.84 Å². The fraction of sp³-hybridized carbons (Fsp3) is 0.250. The van der Waals surface area contributed by atoms with Crippen LogP contribution in [-0.4, -0.2) is 10.8 Å². The van der Waals surface area contributed by atoms with E-state index >= 15 is 0 Å². The molecule has 1 aromatic heterocycles. The summed E-state index contributed by atoms with van der Waals surface area (Å²) in [5.74, 6) is 1.60. The second-order valence-electron chi connectivity index (χ2n) is 5.04. The van der Waals surface area contributed by atoms with Gasteiger partial charge in [0.2, 0.25) is 0 Å². The zero-order valence-electron chi connectivity index (χ0n) is 12.0. The third-order valence-electron chi connectivity index (χ3n) is 3.12. The number of hydrogen-bond donors (Lipinski definition) is 2. The van der Waals surface area contributed by atoms with E-state index in [0.29, 0.717) is 17.4 Å². The van der Waals surface area contributed by atoms with Crippen LogP contribution in [0.25, 0.3) is 0 Å². The Morgan fingerprint density at radius 3 is 2.65 bits per heavy atom. The first kappa shape index (κ1) is 14.1. The molecular weight excluding hydrogens is 250 g/mol. The van der Waals surface area contributed by atoms with Gasteiger partial charge >= 0.3 is 0 Å². The van der Waals surface area contributed by atoms with Crippen molar-refractivity contribution in [3.63, 3.8) is 0 Å². The molecule has 1 aromatic carbocycles. The molecule has 0 unspecified atom stereocenters. The van der Waals surface area contributed by atoms with E-state index < -0.39 is 0 Å². The highest BCUT2D eigenvalue weighted by atomic mass is 16.5. The molecular formula is C16H19N3O. The number of pyridine rings is 1. The summed E-state index contributed by atoms with van der Waals surface area (Å²) in [5.41, 5.74) is 8.35. The topological polar surface area (TPSA) is 72.0 Å². The van der Waals surface area contributed by atoms with Crippen LogP contribution in [0.3, 0.4) is 0 Å². The average molecular weight is 269 g/mol. The number of rotatable bonds is 4. The standard InChI is InChI=1S/C16H19N3O/c1-10(2)13-7-6-12(9-11(13)3)20-14-5-4-8-19-15(14)16(17)18/h4-10H,1-3H3,(H3,17,18). The number of nitrogens with zero attached hydrogens (tertiary/aromatic N) is 1. The Kier molecular flexibility index (Phi) is 4.03. The molecule has 4 nitrogen and oxygen atoms in total. The maximum absolute atomic E-state index is 7.51. The predicted octanol–water partition coefficient (Wildman–Crippen LogP) is 3.59. The second-order valence-corrected chi connectivity index (χ2v) is 5.04. The summed E-state index contributed by atoms with van der Waals surface area (Å²) in [6.07, 6.45) is 1.59. The number of nitrogens with two attached hydrogens (primary N) is 1. The molecule has 0 radical (unpaired) electrons. The van der Waals surface area contributed by atoms with Gasteiger partial charge in [0.05, 0.1) is 0 Å². The van der Waals surface area contributed by atoms with Gasteiger partial charge in [-0.05, 0) is 48.2 Å². The molecule has 0 atom stereocenters. The van der Waals surface area contributed by atoms with Gasteiger partial charge < -0.3 is 10.5 Å². The summed E-state index contributed by atoms with van der Waals surface area (Å²) < 4.78 is 5.80. The van der Waals surface area contributed by atoms with Crippen molar-refractivity contribution in [3.05, 3.63) is 53.3 Å². The highest BCUT2D eigenvalue weighted by molar-refractivity contribution is 5.95. The molecule has 104 valence electrons. The van der Waals surface area contributed by atoms with Crippen molar-refractivity contribution in [3.8, 4) is 11.5 Å². The fourth-order valence-corrected chi connectivity index (χ4v) is 2.16. The Morgan fingerprint density at radius 1 is 1.30 bits per heavy atom. The van der Waals surface area contributed by atoms with E-state index in [0.717, 1.165) is 5.75 Å². The first-order valence-corrected chi connectivity index (χ1v) is 6.57. The number of nitrogens with one attached hydrogen (secondary N) is 1. The van der Waals surface area contributed by atoms with Crippen LogP contribution in [0.15, 0.2) is 36.5 Å². The Morgan fingerprint density at radius 2 is 2.05 bits per heavy atom. The SMILES string of the molecule is Cc1cc(Oc2cccnc2C(=N)N)ccc1C(C)C. The predicted molar refractivity (Wildman–Crippen MR) is 80.6 cm³/mol. The van der Waals surface area contributed by atoms with E-state index in [1.165, 1.54) is 11.1 Å². The van der Waals surface area contributed by atoms with Crippen LogP contribution in [0.2, 0.25) is 0 Å². The monoisotopic (exact) mass is 269 g/mol. The molecule has 2 aromatic rings. The molecule has 0 bridgehead atoms. The Balaban J connectivity index is 2.31. The van der Waals surface area contributed by atoms with E-state index in [4.69, 9.17) is 15.9 Å². The van der Waals surface area contributed by atoms with Crippen molar-refractivity contribution in [1.82, 2.24) is 4.98 Å². The van der Waals surface area contributed by atoms with E-state index in [1.54, 1.807) is 18.3 Å². The zero-order chi connectivity index (χ0) is 14.7. The Labute approximate surface area is 119 Å². The number of aryl methyl sites for hydroxylation is 1. The van der Waals surface area contributed by atoms with Crippen molar-refractivity contribution in [2.45, 2.75) is 26.7 Å². The smallest absolute Gasteiger partial charge is 0.156 e. The maximum atomic E-state index is 7.51. The summed E-state index contributed by atoms with van der Waals surface area (Å²) in [6, 6.07) is 9.51. The van der Waals surface area contributed by atoms with E-state index in [2.05, 4.69) is 31.8 Å². The lowest BCUT2D eigenvalue weighted by Crippen LogP contribution is -2.14. The normalized spacial score (nSPS) is 10.6. The van der Waals surface area contributed by atoms with Gasteiger partial charge in [0.1, 0.15) is 17.3 Å². The summed E-state index contributed by atoms with van der Waals surface area (Å²) >= 11 is 0. The maximum Gasteiger partial charge on any atom is 0.156 e. The molecule has 3 N–H and O–H groups in total. The van der Waals surface area contributed by atoms with Gasteiger partial charge in [0.25, 0.3) is 0 Å². The van der Waals surface area contributed by atoms with Gasteiger partial charge in [-0.25, -0.2) is 4.98 Å².